The average molecular weight is 226 g/mol. The summed E-state index contributed by atoms with van der Waals surface area (Å²) in [5.74, 6) is -1.90. The minimum atomic E-state index is -1.19. The fourth-order valence-corrected chi connectivity index (χ4v) is 1.45. The van der Waals surface area contributed by atoms with Crippen LogP contribution in [0.2, 0.25) is 0 Å². The molecule has 1 saturated heterocycles. The van der Waals surface area contributed by atoms with Crippen molar-refractivity contribution in [3.8, 4) is 0 Å². The Bertz CT molecular complexity index is 319. The Kier molecular flexibility index (Phi) is 4.50. The van der Waals surface area contributed by atoms with Crippen LogP contribution in [0.4, 0.5) is 0 Å². The zero-order valence-corrected chi connectivity index (χ0v) is 8.81. The predicted molar refractivity (Wildman–Crippen MR) is 55.6 cm³/mol. The van der Waals surface area contributed by atoms with Gasteiger partial charge in [-0.3, -0.25) is 9.59 Å². The van der Waals surface area contributed by atoms with Gasteiger partial charge in [-0.05, 0) is 12.8 Å². The Balaban J connectivity index is 2.25. The molecule has 2 N–H and O–H groups in total. The third-order valence-electron chi connectivity index (χ3n) is 2.25. The number of hydrogen-bond acceptors (Lipinski definition) is 3. The van der Waals surface area contributed by atoms with Crippen LogP contribution >= 0.6 is 0 Å². The maximum atomic E-state index is 11.5. The van der Waals surface area contributed by atoms with Crippen LogP contribution in [0, 0.1) is 0 Å². The van der Waals surface area contributed by atoms with Gasteiger partial charge in [0, 0.05) is 25.2 Å². The summed E-state index contributed by atoms with van der Waals surface area (Å²) in [6.07, 6.45) is 3.62. The fraction of sp³-hybridized carbons (Fsp3) is 0.500. The number of rotatable bonds is 4. The molecule has 0 aromatic rings. The van der Waals surface area contributed by atoms with Gasteiger partial charge >= 0.3 is 5.97 Å². The lowest BCUT2D eigenvalue weighted by Gasteiger charge is -2.14. The van der Waals surface area contributed by atoms with Crippen LogP contribution < -0.4 is 5.32 Å². The fourth-order valence-electron chi connectivity index (χ4n) is 1.45. The number of aliphatic carboxylic acids is 1. The number of nitrogens with one attached hydrogen (secondary N) is 1. The number of carboxylic acids is 1. The topological polar surface area (TPSA) is 86.7 Å². The summed E-state index contributed by atoms with van der Waals surface area (Å²) < 4.78 is 0. The first-order valence-electron chi connectivity index (χ1n) is 5.06. The highest BCUT2D eigenvalue weighted by atomic mass is 16.4. The molecule has 1 aliphatic rings. The van der Waals surface area contributed by atoms with E-state index in [1.807, 2.05) is 0 Å². The van der Waals surface area contributed by atoms with E-state index in [4.69, 9.17) is 5.11 Å². The number of nitrogens with zero attached hydrogens (tertiary/aromatic N) is 1. The summed E-state index contributed by atoms with van der Waals surface area (Å²) in [6.45, 7) is 1.39. The first-order valence-corrected chi connectivity index (χ1v) is 5.06. The third-order valence-corrected chi connectivity index (χ3v) is 2.25. The largest absolute Gasteiger partial charge is 0.478 e. The molecule has 0 bridgehead atoms. The van der Waals surface area contributed by atoms with Crippen LogP contribution in [0.5, 0.6) is 0 Å². The molecule has 0 unspecified atom stereocenters. The highest BCUT2D eigenvalue weighted by Crippen LogP contribution is 2.06. The first kappa shape index (κ1) is 12.2. The Morgan fingerprint density at radius 3 is 2.38 bits per heavy atom. The van der Waals surface area contributed by atoms with E-state index in [0.717, 1.165) is 38.1 Å². The highest BCUT2D eigenvalue weighted by molar-refractivity contribution is 5.95. The van der Waals surface area contributed by atoms with Crippen molar-refractivity contribution >= 4 is 17.8 Å². The van der Waals surface area contributed by atoms with Gasteiger partial charge in [0.1, 0.15) is 0 Å². The summed E-state index contributed by atoms with van der Waals surface area (Å²) in [7, 11) is 0. The van der Waals surface area contributed by atoms with E-state index in [0.29, 0.717) is 0 Å². The molecule has 0 aromatic carbocycles. The molecule has 1 heterocycles. The van der Waals surface area contributed by atoms with Crippen LogP contribution in [0.1, 0.15) is 12.8 Å². The molecule has 0 radical (unpaired) electrons. The van der Waals surface area contributed by atoms with E-state index < -0.39 is 11.9 Å². The van der Waals surface area contributed by atoms with Gasteiger partial charge in [0.2, 0.25) is 11.8 Å². The molecule has 6 heteroatoms. The molecule has 6 nitrogen and oxygen atoms in total. The number of carboxylic acid groups (broad SMARTS) is 1. The number of amides is 2. The van der Waals surface area contributed by atoms with E-state index in [-0.39, 0.29) is 12.5 Å². The molecule has 0 atom stereocenters. The van der Waals surface area contributed by atoms with Gasteiger partial charge in [-0.1, -0.05) is 0 Å². The molecule has 1 rings (SSSR count). The van der Waals surface area contributed by atoms with Crippen LogP contribution in [0.25, 0.3) is 0 Å². The first-order chi connectivity index (χ1) is 7.59. The number of carbonyl (C=O) groups is 3. The van der Waals surface area contributed by atoms with Gasteiger partial charge in [0.25, 0.3) is 0 Å². The van der Waals surface area contributed by atoms with Crippen molar-refractivity contribution in [2.75, 3.05) is 19.6 Å². The van der Waals surface area contributed by atoms with Crippen molar-refractivity contribution < 1.29 is 19.5 Å². The van der Waals surface area contributed by atoms with Gasteiger partial charge in [0.05, 0.1) is 6.54 Å². The third kappa shape index (κ3) is 4.12. The second-order valence-electron chi connectivity index (χ2n) is 3.48. The van der Waals surface area contributed by atoms with Crippen molar-refractivity contribution in [2.45, 2.75) is 12.8 Å². The van der Waals surface area contributed by atoms with Crippen LogP contribution in [-0.4, -0.2) is 47.4 Å². The van der Waals surface area contributed by atoms with Crippen LogP contribution in [-0.2, 0) is 14.4 Å². The highest BCUT2D eigenvalue weighted by Gasteiger charge is 2.17. The molecule has 0 saturated carbocycles. The van der Waals surface area contributed by atoms with Crippen molar-refractivity contribution in [3.05, 3.63) is 12.2 Å². The molecule has 1 fully saturated rings. The Morgan fingerprint density at radius 1 is 1.19 bits per heavy atom. The van der Waals surface area contributed by atoms with Crippen molar-refractivity contribution in [2.24, 2.45) is 0 Å². The summed E-state index contributed by atoms with van der Waals surface area (Å²) in [6, 6.07) is 0. The van der Waals surface area contributed by atoms with Crippen molar-refractivity contribution in [1.82, 2.24) is 10.2 Å². The number of hydrogen-bond donors (Lipinski definition) is 2. The Hall–Kier alpha value is -1.85. The lowest BCUT2D eigenvalue weighted by molar-refractivity contribution is -0.131. The second-order valence-corrected chi connectivity index (χ2v) is 3.48. The van der Waals surface area contributed by atoms with Gasteiger partial charge in [0.15, 0.2) is 0 Å². The zero-order chi connectivity index (χ0) is 12.0. The molecule has 0 aromatic heterocycles. The van der Waals surface area contributed by atoms with E-state index in [1.165, 1.54) is 0 Å². The summed E-state index contributed by atoms with van der Waals surface area (Å²) in [5, 5.41) is 10.6. The molecular weight excluding hydrogens is 212 g/mol. The normalized spacial score (nSPS) is 15.4. The SMILES string of the molecule is O=C(O)/C=C/C(=O)NCC(=O)N1CCCC1. The minimum Gasteiger partial charge on any atom is -0.478 e. The second kappa shape index (κ2) is 5.89. The van der Waals surface area contributed by atoms with Crippen LogP contribution in [0.3, 0.4) is 0 Å². The maximum absolute atomic E-state index is 11.5. The summed E-state index contributed by atoms with van der Waals surface area (Å²) >= 11 is 0. The van der Waals surface area contributed by atoms with Crippen LogP contribution in [0.15, 0.2) is 12.2 Å². The van der Waals surface area contributed by atoms with E-state index in [9.17, 15) is 14.4 Å². The molecule has 1 aliphatic heterocycles. The van der Waals surface area contributed by atoms with E-state index in [2.05, 4.69) is 5.32 Å². The smallest absolute Gasteiger partial charge is 0.328 e. The number of likely N-dealkylation sites (tertiary alicyclic amines) is 1. The lowest BCUT2D eigenvalue weighted by Crippen LogP contribution is -2.38. The maximum Gasteiger partial charge on any atom is 0.328 e. The van der Waals surface area contributed by atoms with Gasteiger partial charge in [-0.2, -0.15) is 0 Å². The monoisotopic (exact) mass is 226 g/mol. The van der Waals surface area contributed by atoms with Gasteiger partial charge in [-0.15, -0.1) is 0 Å². The van der Waals surface area contributed by atoms with E-state index >= 15 is 0 Å². The molecule has 16 heavy (non-hydrogen) atoms. The lowest BCUT2D eigenvalue weighted by atomic mass is 10.4. The van der Waals surface area contributed by atoms with Gasteiger partial charge < -0.3 is 15.3 Å². The molecule has 2 amide bonds. The number of carbonyl (C=O) groups excluding carboxylic acids is 2. The molecule has 0 aliphatic carbocycles. The predicted octanol–water partition coefficient (Wildman–Crippen LogP) is -0.634. The van der Waals surface area contributed by atoms with Crippen molar-refractivity contribution in [3.63, 3.8) is 0 Å². The Labute approximate surface area is 92.9 Å². The molecular formula is C10H14N2O4. The Morgan fingerprint density at radius 2 is 1.81 bits per heavy atom. The van der Waals surface area contributed by atoms with Gasteiger partial charge in [-0.25, -0.2) is 4.79 Å². The summed E-state index contributed by atoms with van der Waals surface area (Å²) in [5.41, 5.74) is 0. The standard InChI is InChI=1S/C10H14N2O4/c13-8(3-4-10(15)16)11-7-9(14)12-5-1-2-6-12/h3-4H,1-2,5-7H2,(H,11,13)(H,15,16)/b4-3+. The minimum absolute atomic E-state index is 0.0806. The van der Waals surface area contributed by atoms with E-state index in [1.54, 1.807) is 4.90 Å². The molecule has 0 spiro atoms. The summed E-state index contributed by atoms with van der Waals surface area (Å²) in [4.78, 5) is 34.3. The average Bonchev–Trinajstić information content (AvgIpc) is 2.76. The van der Waals surface area contributed by atoms with Crippen molar-refractivity contribution in [1.29, 1.82) is 0 Å². The molecule has 88 valence electrons. The quantitative estimate of drug-likeness (QED) is 0.624. The zero-order valence-electron chi connectivity index (χ0n) is 8.81.